The molecule has 0 unspecified atom stereocenters. The number of hydrogen-bond donors (Lipinski definition) is 1. The quantitative estimate of drug-likeness (QED) is 0.824. The molecule has 4 heteroatoms. The number of aromatic carboxylic acids is 1. The smallest absolute Gasteiger partial charge is 0.335 e. The van der Waals surface area contributed by atoms with E-state index in [4.69, 9.17) is 10.4 Å². The molecule has 3 nitrogen and oxygen atoms in total. The van der Waals surface area contributed by atoms with E-state index in [9.17, 15) is 4.79 Å². The van der Waals surface area contributed by atoms with Crippen LogP contribution in [-0.4, -0.2) is 16.8 Å². The van der Waals surface area contributed by atoms with Gasteiger partial charge < -0.3 is 5.11 Å². The highest BCUT2D eigenvalue weighted by atomic mass is 32.2. The minimum absolute atomic E-state index is 0.188. The van der Waals surface area contributed by atoms with Crippen molar-refractivity contribution in [1.29, 1.82) is 5.26 Å². The topological polar surface area (TPSA) is 61.1 Å². The Kier molecular flexibility index (Phi) is 3.63. The number of rotatable bonds is 5. The van der Waals surface area contributed by atoms with Crippen molar-refractivity contribution in [3.05, 3.63) is 29.3 Å². The molecule has 1 aliphatic carbocycles. The largest absolute Gasteiger partial charge is 0.478 e. The van der Waals surface area contributed by atoms with Gasteiger partial charge in [-0.3, -0.25) is 0 Å². The molecule has 0 bridgehead atoms. The van der Waals surface area contributed by atoms with Crippen LogP contribution in [0.5, 0.6) is 0 Å². The van der Waals surface area contributed by atoms with Crippen molar-refractivity contribution in [2.45, 2.75) is 31.1 Å². The van der Waals surface area contributed by atoms with Crippen LogP contribution in [0.4, 0.5) is 0 Å². The third kappa shape index (κ3) is 2.85. The monoisotopic (exact) mass is 261 g/mol. The fourth-order valence-electron chi connectivity index (χ4n) is 1.87. The van der Waals surface area contributed by atoms with Gasteiger partial charge in [0, 0.05) is 17.1 Å². The van der Waals surface area contributed by atoms with Crippen LogP contribution < -0.4 is 0 Å². The summed E-state index contributed by atoms with van der Waals surface area (Å²) in [6, 6.07) is 7.76. The summed E-state index contributed by atoms with van der Waals surface area (Å²) in [5.74, 6) is 0.0241. The Labute approximate surface area is 111 Å². The van der Waals surface area contributed by atoms with Gasteiger partial charge in [-0.1, -0.05) is 6.07 Å². The first-order valence-electron chi connectivity index (χ1n) is 5.90. The molecule has 2 rings (SSSR count). The molecule has 0 atom stereocenters. The van der Waals surface area contributed by atoms with Crippen molar-refractivity contribution in [3.63, 3.8) is 0 Å². The van der Waals surface area contributed by atoms with Gasteiger partial charge in [0.05, 0.1) is 11.6 Å². The molecule has 0 radical (unpaired) electrons. The van der Waals surface area contributed by atoms with E-state index in [-0.39, 0.29) is 5.41 Å². The lowest BCUT2D eigenvalue weighted by Gasteiger charge is -2.11. The minimum Gasteiger partial charge on any atom is -0.478 e. The number of thioether (sulfide) groups is 1. The zero-order valence-electron chi connectivity index (χ0n) is 10.3. The van der Waals surface area contributed by atoms with E-state index in [1.54, 1.807) is 24.8 Å². The van der Waals surface area contributed by atoms with Crippen molar-refractivity contribution in [3.8, 4) is 6.07 Å². The third-order valence-corrected chi connectivity index (χ3v) is 4.74. The van der Waals surface area contributed by atoms with Gasteiger partial charge in [0.15, 0.2) is 0 Å². The lowest BCUT2D eigenvalue weighted by molar-refractivity contribution is 0.0696. The molecule has 0 saturated heterocycles. The van der Waals surface area contributed by atoms with Crippen LogP contribution in [0.3, 0.4) is 0 Å². The molecule has 18 heavy (non-hydrogen) atoms. The number of hydrogen-bond acceptors (Lipinski definition) is 3. The number of benzene rings is 1. The van der Waals surface area contributed by atoms with Crippen molar-refractivity contribution < 1.29 is 9.90 Å². The highest BCUT2D eigenvalue weighted by molar-refractivity contribution is 7.99. The summed E-state index contributed by atoms with van der Waals surface area (Å²) in [6.45, 7) is 1.80. The summed E-state index contributed by atoms with van der Waals surface area (Å²) in [7, 11) is 0. The SMILES string of the molecule is Cc1ccc(SCC2(CC#N)CC2)cc1C(=O)O. The number of nitriles is 1. The predicted octanol–water partition coefficient (Wildman–Crippen LogP) is 3.48. The molecule has 0 aliphatic heterocycles. The Morgan fingerprint density at radius 2 is 2.28 bits per heavy atom. The summed E-state index contributed by atoms with van der Waals surface area (Å²) in [4.78, 5) is 12.0. The molecule has 1 aliphatic rings. The average Bonchev–Trinajstić information content (AvgIpc) is 3.08. The molecule has 94 valence electrons. The van der Waals surface area contributed by atoms with Crippen LogP contribution in [0.2, 0.25) is 0 Å². The van der Waals surface area contributed by atoms with Gasteiger partial charge in [0.2, 0.25) is 0 Å². The first kappa shape index (κ1) is 13.0. The molecule has 1 aromatic rings. The maximum absolute atomic E-state index is 11.0. The van der Waals surface area contributed by atoms with E-state index in [2.05, 4.69) is 6.07 Å². The fourth-order valence-corrected chi connectivity index (χ4v) is 3.10. The Hall–Kier alpha value is -1.47. The van der Waals surface area contributed by atoms with Gasteiger partial charge >= 0.3 is 5.97 Å². The normalized spacial score (nSPS) is 16.0. The van der Waals surface area contributed by atoms with Crippen LogP contribution >= 0.6 is 11.8 Å². The van der Waals surface area contributed by atoms with Gasteiger partial charge in [-0.25, -0.2) is 4.79 Å². The molecular formula is C14H15NO2S. The van der Waals surface area contributed by atoms with E-state index in [1.807, 2.05) is 12.1 Å². The van der Waals surface area contributed by atoms with Gasteiger partial charge in [0.25, 0.3) is 0 Å². The number of aryl methyl sites for hydroxylation is 1. The first-order chi connectivity index (χ1) is 8.56. The van der Waals surface area contributed by atoms with E-state index in [0.29, 0.717) is 12.0 Å². The zero-order valence-corrected chi connectivity index (χ0v) is 11.1. The number of carboxylic acids is 1. The summed E-state index contributed by atoms with van der Waals surface area (Å²) >= 11 is 1.66. The van der Waals surface area contributed by atoms with Crippen LogP contribution in [-0.2, 0) is 0 Å². The first-order valence-corrected chi connectivity index (χ1v) is 6.89. The standard InChI is InChI=1S/C14H15NO2S/c1-10-2-3-11(8-12(10)13(16)17)18-9-14(4-5-14)6-7-15/h2-3,8H,4-6,9H2,1H3,(H,16,17). The van der Waals surface area contributed by atoms with E-state index >= 15 is 0 Å². The van der Waals surface area contributed by atoms with Crippen molar-refractivity contribution >= 4 is 17.7 Å². The van der Waals surface area contributed by atoms with Crippen molar-refractivity contribution in [2.75, 3.05) is 5.75 Å². The lowest BCUT2D eigenvalue weighted by Crippen LogP contribution is -2.03. The Morgan fingerprint density at radius 1 is 1.56 bits per heavy atom. The summed E-state index contributed by atoms with van der Waals surface area (Å²) in [6.07, 6.45) is 2.84. The summed E-state index contributed by atoms with van der Waals surface area (Å²) in [5.41, 5.74) is 1.34. The highest BCUT2D eigenvalue weighted by Crippen LogP contribution is 2.51. The maximum Gasteiger partial charge on any atom is 0.335 e. The molecule has 0 spiro atoms. The van der Waals surface area contributed by atoms with Gasteiger partial charge in [-0.2, -0.15) is 5.26 Å². The Balaban J connectivity index is 2.05. The summed E-state index contributed by atoms with van der Waals surface area (Å²) < 4.78 is 0. The highest BCUT2D eigenvalue weighted by Gasteiger charge is 2.42. The van der Waals surface area contributed by atoms with Crippen molar-refractivity contribution in [2.24, 2.45) is 5.41 Å². The third-order valence-electron chi connectivity index (χ3n) is 3.40. The number of carboxylic acid groups (broad SMARTS) is 1. The molecule has 0 heterocycles. The molecule has 1 fully saturated rings. The average molecular weight is 261 g/mol. The molecule has 0 aromatic heterocycles. The second-order valence-electron chi connectivity index (χ2n) is 4.91. The molecule has 1 saturated carbocycles. The predicted molar refractivity (Wildman–Crippen MR) is 70.8 cm³/mol. The lowest BCUT2D eigenvalue weighted by atomic mass is 10.1. The van der Waals surface area contributed by atoms with Gasteiger partial charge in [-0.05, 0) is 42.9 Å². The second-order valence-corrected chi connectivity index (χ2v) is 5.95. The molecule has 0 amide bonds. The molecule has 1 aromatic carbocycles. The number of carbonyl (C=O) groups is 1. The Bertz CT molecular complexity index is 515. The van der Waals surface area contributed by atoms with E-state index in [1.165, 1.54) is 0 Å². The second kappa shape index (κ2) is 5.03. The van der Waals surface area contributed by atoms with E-state index in [0.717, 1.165) is 29.1 Å². The minimum atomic E-state index is -0.881. The van der Waals surface area contributed by atoms with Crippen molar-refractivity contribution in [1.82, 2.24) is 0 Å². The Morgan fingerprint density at radius 3 is 2.83 bits per heavy atom. The zero-order chi connectivity index (χ0) is 13.2. The number of nitrogens with zero attached hydrogens (tertiary/aromatic N) is 1. The van der Waals surface area contributed by atoms with Crippen LogP contribution in [0.25, 0.3) is 0 Å². The molecular weight excluding hydrogens is 246 g/mol. The molecule has 1 N–H and O–H groups in total. The fraction of sp³-hybridized carbons (Fsp3) is 0.429. The maximum atomic E-state index is 11.0. The van der Waals surface area contributed by atoms with Crippen LogP contribution in [0, 0.1) is 23.7 Å². The van der Waals surface area contributed by atoms with E-state index < -0.39 is 5.97 Å². The van der Waals surface area contributed by atoms with Gasteiger partial charge in [-0.15, -0.1) is 11.8 Å². The van der Waals surface area contributed by atoms with Gasteiger partial charge in [0.1, 0.15) is 0 Å². The summed E-state index contributed by atoms with van der Waals surface area (Å²) in [5, 5.41) is 17.8. The van der Waals surface area contributed by atoms with Crippen LogP contribution in [0.1, 0.15) is 35.2 Å². The van der Waals surface area contributed by atoms with Crippen LogP contribution in [0.15, 0.2) is 23.1 Å².